The number of hydrogen-bond acceptors (Lipinski definition) is 3. The SMILES string of the molecule is CC[C@H](C)N1CCC2(CC1)C(=O)N(CC)CCN2C. The van der Waals surface area contributed by atoms with Gasteiger partial charge >= 0.3 is 0 Å². The maximum Gasteiger partial charge on any atom is 0.243 e. The molecule has 1 amide bonds. The Morgan fingerprint density at radius 2 is 1.79 bits per heavy atom. The van der Waals surface area contributed by atoms with Crippen molar-refractivity contribution in [1.29, 1.82) is 0 Å². The molecule has 0 bridgehead atoms. The van der Waals surface area contributed by atoms with E-state index in [4.69, 9.17) is 0 Å². The van der Waals surface area contributed by atoms with E-state index in [0.29, 0.717) is 11.9 Å². The first-order valence-corrected chi connectivity index (χ1v) is 7.79. The van der Waals surface area contributed by atoms with Gasteiger partial charge in [0.05, 0.1) is 0 Å². The molecule has 110 valence electrons. The second kappa shape index (κ2) is 5.80. The molecule has 4 nitrogen and oxygen atoms in total. The van der Waals surface area contributed by atoms with Gasteiger partial charge in [-0.05, 0) is 40.2 Å². The molecule has 2 aliphatic heterocycles. The van der Waals surface area contributed by atoms with Crippen LogP contribution in [0.5, 0.6) is 0 Å². The van der Waals surface area contributed by atoms with Crippen LogP contribution in [-0.4, -0.2) is 72.0 Å². The van der Waals surface area contributed by atoms with Gasteiger partial charge in [-0.3, -0.25) is 9.69 Å². The molecule has 0 saturated carbocycles. The third-order valence-electron chi connectivity index (χ3n) is 5.34. The van der Waals surface area contributed by atoms with Crippen LogP contribution in [0.25, 0.3) is 0 Å². The summed E-state index contributed by atoms with van der Waals surface area (Å²) in [5.74, 6) is 0.368. The predicted octanol–water partition coefficient (Wildman–Crippen LogP) is 1.41. The number of likely N-dealkylation sites (N-methyl/N-ethyl adjacent to an activating group) is 2. The van der Waals surface area contributed by atoms with Crippen molar-refractivity contribution in [2.75, 3.05) is 39.8 Å². The van der Waals surface area contributed by atoms with Gasteiger partial charge in [0, 0.05) is 38.8 Å². The van der Waals surface area contributed by atoms with Crippen molar-refractivity contribution in [2.24, 2.45) is 0 Å². The molecule has 2 heterocycles. The van der Waals surface area contributed by atoms with Crippen LogP contribution in [0.2, 0.25) is 0 Å². The molecule has 1 spiro atoms. The number of rotatable bonds is 3. The molecule has 1 atom stereocenters. The number of carbonyl (C=O) groups excluding carboxylic acids is 1. The summed E-state index contributed by atoms with van der Waals surface area (Å²) in [6, 6.07) is 0.642. The Hall–Kier alpha value is -0.610. The van der Waals surface area contributed by atoms with Gasteiger partial charge in [0.2, 0.25) is 5.91 Å². The van der Waals surface area contributed by atoms with Crippen molar-refractivity contribution in [2.45, 2.75) is 51.6 Å². The Kier molecular flexibility index (Phi) is 4.51. The van der Waals surface area contributed by atoms with Gasteiger partial charge in [-0.2, -0.15) is 0 Å². The second-order valence-electron chi connectivity index (χ2n) is 6.13. The molecule has 0 radical (unpaired) electrons. The zero-order chi connectivity index (χ0) is 14.0. The van der Waals surface area contributed by atoms with Gasteiger partial charge in [0.15, 0.2) is 0 Å². The smallest absolute Gasteiger partial charge is 0.243 e. The number of carbonyl (C=O) groups is 1. The maximum absolute atomic E-state index is 12.8. The molecule has 2 rings (SSSR count). The Morgan fingerprint density at radius 3 is 2.32 bits per heavy atom. The van der Waals surface area contributed by atoms with E-state index in [1.165, 1.54) is 6.42 Å². The summed E-state index contributed by atoms with van der Waals surface area (Å²) >= 11 is 0. The number of nitrogens with zero attached hydrogens (tertiary/aromatic N) is 3. The first kappa shape index (κ1) is 14.8. The Balaban J connectivity index is 2.08. The number of likely N-dealkylation sites (tertiary alicyclic amines) is 1. The molecule has 2 fully saturated rings. The second-order valence-corrected chi connectivity index (χ2v) is 6.13. The van der Waals surface area contributed by atoms with Crippen LogP contribution in [0.15, 0.2) is 0 Å². The summed E-state index contributed by atoms with van der Waals surface area (Å²) in [6.07, 6.45) is 3.17. The summed E-state index contributed by atoms with van der Waals surface area (Å²) in [5.41, 5.74) is -0.210. The number of piperidine rings is 1. The van der Waals surface area contributed by atoms with Crippen molar-refractivity contribution < 1.29 is 4.79 Å². The standard InChI is InChI=1S/C15H29N3O/c1-5-13(3)18-9-7-15(8-10-18)14(19)17(6-2)12-11-16(15)4/h13H,5-12H2,1-4H3/t13-/m0/s1. The fraction of sp³-hybridized carbons (Fsp3) is 0.933. The van der Waals surface area contributed by atoms with Gasteiger partial charge < -0.3 is 9.80 Å². The van der Waals surface area contributed by atoms with Gasteiger partial charge in [0.1, 0.15) is 5.54 Å². The van der Waals surface area contributed by atoms with Crippen LogP contribution in [0.4, 0.5) is 0 Å². The summed E-state index contributed by atoms with van der Waals surface area (Å²) in [6.45, 7) is 11.5. The lowest BCUT2D eigenvalue weighted by atomic mass is 9.82. The molecule has 0 N–H and O–H groups in total. The Labute approximate surface area is 117 Å². The average Bonchev–Trinajstić information content (AvgIpc) is 2.45. The van der Waals surface area contributed by atoms with Crippen molar-refractivity contribution in [1.82, 2.24) is 14.7 Å². The summed E-state index contributed by atoms with van der Waals surface area (Å²) < 4.78 is 0. The lowest BCUT2D eigenvalue weighted by molar-refractivity contribution is -0.154. The number of piperazine rings is 1. The lowest BCUT2D eigenvalue weighted by Crippen LogP contribution is -2.68. The highest BCUT2D eigenvalue weighted by molar-refractivity contribution is 5.87. The minimum Gasteiger partial charge on any atom is -0.340 e. The Bertz CT molecular complexity index is 323. The minimum atomic E-state index is -0.210. The molecule has 4 heteroatoms. The van der Waals surface area contributed by atoms with Crippen LogP contribution < -0.4 is 0 Å². The molecular weight excluding hydrogens is 238 g/mol. The fourth-order valence-corrected chi connectivity index (χ4v) is 3.53. The maximum atomic E-state index is 12.8. The molecule has 2 aliphatic rings. The van der Waals surface area contributed by atoms with E-state index in [2.05, 4.69) is 37.6 Å². The predicted molar refractivity (Wildman–Crippen MR) is 78.2 cm³/mol. The molecule has 19 heavy (non-hydrogen) atoms. The number of hydrogen-bond donors (Lipinski definition) is 0. The highest BCUT2D eigenvalue weighted by Gasteiger charge is 2.49. The van der Waals surface area contributed by atoms with Crippen LogP contribution in [0.1, 0.15) is 40.0 Å². The van der Waals surface area contributed by atoms with Crippen molar-refractivity contribution in [3.05, 3.63) is 0 Å². The van der Waals surface area contributed by atoms with E-state index < -0.39 is 0 Å². The zero-order valence-electron chi connectivity index (χ0n) is 13.0. The monoisotopic (exact) mass is 267 g/mol. The molecule has 0 aromatic rings. The fourth-order valence-electron chi connectivity index (χ4n) is 3.53. The van der Waals surface area contributed by atoms with Crippen LogP contribution >= 0.6 is 0 Å². The van der Waals surface area contributed by atoms with Crippen molar-refractivity contribution in [3.63, 3.8) is 0 Å². The van der Waals surface area contributed by atoms with E-state index in [1.54, 1.807) is 0 Å². The lowest BCUT2D eigenvalue weighted by Gasteiger charge is -2.52. The van der Waals surface area contributed by atoms with E-state index in [9.17, 15) is 4.79 Å². The summed E-state index contributed by atoms with van der Waals surface area (Å²) in [4.78, 5) is 19.7. The first-order chi connectivity index (χ1) is 9.05. The van der Waals surface area contributed by atoms with Gasteiger partial charge in [-0.25, -0.2) is 0 Å². The highest BCUT2D eigenvalue weighted by atomic mass is 16.2. The molecule has 0 aliphatic carbocycles. The normalized spacial score (nSPS) is 26.9. The zero-order valence-corrected chi connectivity index (χ0v) is 13.0. The van der Waals surface area contributed by atoms with Crippen LogP contribution in [-0.2, 0) is 4.79 Å². The molecule has 0 aromatic heterocycles. The van der Waals surface area contributed by atoms with E-state index in [-0.39, 0.29) is 5.54 Å². The van der Waals surface area contributed by atoms with Gasteiger partial charge in [0.25, 0.3) is 0 Å². The first-order valence-electron chi connectivity index (χ1n) is 7.79. The number of amides is 1. The molecular formula is C15H29N3O. The van der Waals surface area contributed by atoms with Crippen LogP contribution in [0.3, 0.4) is 0 Å². The van der Waals surface area contributed by atoms with E-state index >= 15 is 0 Å². The van der Waals surface area contributed by atoms with E-state index in [1.807, 2.05) is 4.90 Å². The summed E-state index contributed by atoms with van der Waals surface area (Å²) in [5, 5.41) is 0. The average molecular weight is 267 g/mol. The van der Waals surface area contributed by atoms with Crippen molar-refractivity contribution in [3.8, 4) is 0 Å². The van der Waals surface area contributed by atoms with Crippen molar-refractivity contribution >= 4 is 5.91 Å². The third kappa shape index (κ3) is 2.52. The van der Waals surface area contributed by atoms with Crippen LogP contribution in [0, 0.1) is 0 Å². The molecule has 0 unspecified atom stereocenters. The summed E-state index contributed by atoms with van der Waals surface area (Å²) in [7, 11) is 2.13. The molecule has 0 aromatic carbocycles. The topological polar surface area (TPSA) is 26.8 Å². The highest BCUT2D eigenvalue weighted by Crippen LogP contribution is 2.33. The minimum absolute atomic E-state index is 0.210. The van der Waals surface area contributed by atoms with Gasteiger partial charge in [-0.15, -0.1) is 0 Å². The largest absolute Gasteiger partial charge is 0.340 e. The van der Waals surface area contributed by atoms with Gasteiger partial charge in [-0.1, -0.05) is 6.92 Å². The third-order valence-corrected chi connectivity index (χ3v) is 5.34. The Morgan fingerprint density at radius 1 is 1.16 bits per heavy atom. The van der Waals surface area contributed by atoms with E-state index in [0.717, 1.165) is 45.6 Å². The quantitative estimate of drug-likeness (QED) is 0.773. The molecule has 2 saturated heterocycles.